The van der Waals surface area contributed by atoms with Crippen molar-refractivity contribution in [2.45, 2.75) is 33.2 Å². The number of benzene rings is 1. The van der Waals surface area contributed by atoms with E-state index in [2.05, 4.69) is 30.3 Å². The van der Waals surface area contributed by atoms with Gasteiger partial charge in [0.2, 0.25) is 0 Å². The molecule has 1 unspecified atom stereocenters. The number of aromatic nitrogens is 2. The standard InChI is InChI=1S/C14H18N2O2/c1-9(2)6-10(3)16-8-15-12-7-11(14(17)18)4-5-13(12)16/h4-5,7-10H,6H2,1-3H3,(H,17,18). The van der Waals surface area contributed by atoms with Crippen molar-refractivity contribution in [2.75, 3.05) is 0 Å². The van der Waals surface area contributed by atoms with Crippen molar-refractivity contribution in [1.82, 2.24) is 9.55 Å². The maximum atomic E-state index is 10.9. The molecule has 1 heterocycles. The average Bonchev–Trinajstić information content (AvgIpc) is 2.70. The Bertz CT molecular complexity index is 572. The number of aromatic carboxylic acids is 1. The first-order valence-corrected chi connectivity index (χ1v) is 6.19. The van der Waals surface area contributed by atoms with Crippen molar-refractivity contribution in [3.05, 3.63) is 30.1 Å². The number of fused-ring (bicyclic) bond motifs is 1. The topological polar surface area (TPSA) is 55.1 Å². The van der Waals surface area contributed by atoms with Crippen LogP contribution in [-0.4, -0.2) is 20.6 Å². The molecule has 96 valence electrons. The highest BCUT2D eigenvalue weighted by Crippen LogP contribution is 2.23. The molecule has 2 aromatic rings. The van der Waals surface area contributed by atoms with Gasteiger partial charge in [-0.3, -0.25) is 0 Å². The summed E-state index contributed by atoms with van der Waals surface area (Å²) in [6.45, 7) is 6.54. The lowest BCUT2D eigenvalue weighted by Crippen LogP contribution is -2.06. The van der Waals surface area contributed by atoms with Gasteiger partial charge in [-0.05, 0) is 37.5 Å². The van der Waals surface area contributed by atoms with Crippen LogP contribution in [0.4, 0.5) is 0 Å². The number of carbonyl (C=O) groups is 1. The van der Waals surface area contributed by atoms with Gasteiger partial charge >= 0.3 is 5.97 Å². The van der Waals surface area contributed by atoms with Crippen LogP contribution in [0.15, 0.2) is 24.5 Å². The SMILES string of the molecule is CC(C)CC(C)n1cnc2cc(C(=O)O)ccc21. The van der Waals surface area contributed by atoms with E-state index in [9.17, 15) is 4.79 Å². The number of hydrogen-bond donors (Lipinski definition) is 1. The number of imidazole rings is 1. The molecule has 0 bridgehead atoms. The summed E-state index contributed by atoms with van der Waals surface area (Å²) < 4.78 is 2.11. The first-order chi connectivity index (χ1) is 8.49. The molecular formula is C14H18N2O2. The molecule has 0 saturated heterocycles. The smallest absolute Gasteiger partial charge is 0.335 e. The number of nitrogens with zero attached hydrogens (tertiary/aromatic N) is 2. The summed E-state index contributed by atoms with van der Waals surface area (Å²) in [6, 6.07) is 5.45. The Hall–Kier alpha value is -1.84. The van der Waals surface area contributed by atoms with Gasteiger partial charge in [-0.15, -0.1) is 0 Å². The minimum atomic E-state index is -0.915. The van der Waals surface area contributed by atoms with Crippen molar-refractivity contribution in [1.29, 1.82) is 0 Å². The number of hydrogen-bond acceptors (Lipinski definition) is 2. The molecule has 1 N–H and O–H groups in total. The average molecular weight is 246 g/mol. The highest BCUT2D eigenvalue weighted by atomic mass is 16.4. The first kappa shape index (κ1) is 12.6. The zero-order chi connectivity index (χ0) is 13.3. The fourth-order valence-electron chi connectivity index (χ4n) is 2.31. The van der Waals surface area contributed by atoms with Gasteiger partial charge < -0.3 is 9.67 Å². The molecule has 2 rings (SSSR count). The zero-order valence-corrected chi connectivity index (χ0v) is 10.9. The van der Waals surface area contributed by atoms with Crippen LogP contribution in [0.5, 0.6) is 0 Å². The molecular weight excluding hydrogens is 228 g/mol. The third kappa shape index (κ3) is 2.37. The highest BCUT2D eigenvalue weighted by molar-refractivity contribution is 5.92. The molecule has 0 amide bonds. The van der Waals surface area contributed by atoms with Gasteiger partial charge in [-0.25, -0.2) is 9.78 Å². The molecule has 18 heavy (non-hydrogen) atoms. The van der Waals surface area contributed by atoms with Crippen molar-refractivity contribution in [2.24, 2.45) is 5.92 Å². The van der Waals surface area contributed by atoms with Crippen molar-refractivity contribution >= 4 is 17.0 Å². The van der Waals surface area contributed by atoms with Gasteiger partial charge in [0, 0.05) is 6.04 Å². The van der Waals surface area contributed by atoms with Gasteiger partial charge in [0.05, 0.1) is 22.9 Å². The summed E-state index contributed by atoms with van der Waals surface area (Å²) in [5.41, 5.74) is 2.02. The van der Waals surface area contributed by atoms with Crippen LogP contribution in [0.3, 0.4) is 0 Å². The molecule has 1 aromatic carbocycles. The first-order valence-electron chi connectivity index (χ1n) is 6.19. The van der Waals surface area contributed by atoms with E-state index in [0.717, 1.165) is 17.5 Å². The van der Waals surface area contributed by atoms with Gasteiger partial charge in [0.15, 0.2) is 0 Å². The van der Waals surface area contributed by atoms with E-state index >= 15 is 0 Å². The van der Waals surface area contributed by atoms with E-state index in [1.807, 2.05) is 6.07 Å². The minimum Gasteiger partial charge on any atom is -0.478 e. The lowest BCUT2D eigenvalue weighted by atomic mass is 10.0. The second-order valence-corrected chi connectivity index (χ2v) is 5.14. The third-order valence-electron chi connectivity index (χ3n) is 3.11. The summed E-state index contributed by atoms with van der Waals surface area (Å²) in [5.74, 6) is -0.294. The molecule has 0 spiro atoms. The normalized spacial score (nSPS) is 13.1. The molecule has 4 heteroatoms. The summed E-state index contributed by atoms with van der Waals surface area (Å²) in [5, 5.41) is 8.94. The number of rotatable bonds is 4. The van der Waals surface area contributed by atoms with Crippen molar-refractivity contribution in [3.8, 4) is 0 Å². The molecule has 0 radical (unpaired) electrons. The predicted octanol–water partition coefficient (Wildman–Crippen LogP) is 3.34. The van der Waals surface area contributed by atoms with E-state index in [-0.39, 0.29) is 5.56 Å². The van der Waals surface area contributed by atoms with Crippen LogP contribution in [0, 0.1) is 5.92 Å². The summed E-state index contributed by atoms with van der Waals surface area (Å²) in [7, 11) is 0. The van der Waals surface area contributed by atoms with Gasteiger partial charge in [0.1, 0.15) is 0 Å². The Kier molecular flexibility index (Phi) is 3.36. The molecule has 4 nitrogen and oxygen atoms in total. The lowest BCUT2D eigenvalue weighted by molar-refractivity contribution is 0.0697. The monoisotopic (exact) mass is 246 g/mol. The highest BCUT2D eigenvalue weighted by Gasteiger charge is 2.12. The van der Waals surface area contributed by atoms with Crippen LogP contribution in [-0.2, 0) is 0 Å². The second kappa shape index (κ2) is 4.80. The summed E-state index contributed by atoms with van der Waals surface area (Å²) in [6.07, 6.45) is 2.87. The van der Waals surface area contributed by atoms with Crippen LogP contribution in [0.2, 0.25) is 0 Å². The molecule has 0 aliphatic carbocycles. The van der Waals surface area contributed by atoms with Crippen molar-refractivity contribution in [3.63, 3.8) is 0 Å². The Morgan fingerprint density at radius 2 is 2.11 bits per heavy atom. The predicted molar refractivity (Wildman–Crippen MR) is 70.9 cm³/mol. The second-order valence-electron chi connectivity index (χ2n) is 5.14. The Labute approximate surface area is 106 Å². The summed E-state index contributed by atoms with van der Waals surface area (Å²) >= 11 is 0. The zero-order valence-electron chi connectivity index (χ0n) is 10.9. The Balaban J connectivity index is 2.39. The molecule has 1 atom stereocenters. The fraction of sp³-hybridized carbons (Fsp3) is 0.429. The molecule has 0 saturated carbocycles. The maximum Gasteiger partial charge on any atom is 0.335 e. The van der Waals surface area contributed by atoms with E-state index in [1.165, 1.54) is 0 Å². The number of carboxylic acid groups (broad SMARTS) is 1. The van der Waals surface area contributed by atoms with E-state index in [1.54, 1.807) is 18.5 Å². The summed E-state index contributed by atoms with van der Waals surface area (Å²) in [4.78, 5) is 15.2. The Morgan fingerprint density at radius 1 is 1.39 bits per heavy atom. The van der Waals surface area contributed by atoms with E-state index in [0.29, 0.717) is 12.0 Å². The van der Waals surface area contributed by atoms with Crippen LogP contribution in [0.1, 0.15) is 43.6 Å². The molecule has 0 fully saturated rings. The fourth-order valence-corrected chi connectivity index (χ4v) is 2.31. The van der Waals surface area contributed by atoms with Crippen LogP contribution in [0.25, 0.3) is 11.0 Å². The lowest BCUT2D eigenvalue weighted by Gasteiger charge is -2.16. The van der Waals surface area contributed by atoms with Gasteiger partial charge in [-0.2, -0.15) is 0 Å². The van der Waals surface area contributed by atoms with Crippen LogP contribution >= 0.6 is 0 Å². The van der Waals surface area contributed by atoms with Gasteiger partial charge in [-0.1, -0.05) is 13.8 Å². The largest absolute Gasteiger partial charge is 0.478 e. The maximum absolute atomic E-state index is 10.9. The van der Waals surface area contributed by atoms with E-state index in [4.69, 9.17) is 5.11 Å². The number of carboxylic acids is 1. The molecule has 0 aliphatic rings. The molecule has 0 aliphatic heterocycles. The van der Waals surface area contributed by atoms with E-state index < -0.39 is 5.97 Å². The third-order valence-corrected chi connectivity index (χ3v) is 3.11. The van der Waals surface area contributed by atoms with Gasteiger partial charge in [0.25, 0.3) is 0 Å². The quantitative estimate of drug-likeness (QED) is 0.900. The Morgan fingerprint density at radius 3 is 2.72 bits per heavy atom. The van der Waals surface area contributed by atoms with Crippen molar-refractivity contribution < 1.29 is 9.90 Å². The minimum absolute atomic E-state index is 0.282. The van der Waals surface area contributed by atoms with Crippen LogP contribution < -0.4 is 0 Å². The molecule has 1 aromatic heterocycles.